The van der Waals surface area contributed by atoms with Crippen LogP contribution in [0.5, 0.6) is 5.75 Å². The van der Waals surface area contributed by atoms with Crippen molar-refractivity contribution in [1.82, 2.24) is 5.32 Å². The van der Waals surface area contributed by atoms with Crippen molar-refractivity contribution < 1.29 is 9.47 Å². The fourth-order valence-corrected chi connectivity index (χ4v) is 1.91. The summed E-state index contributed by atoms with van der Waals surface area (Å²) in [5.41, 5.74) is 1.22. The maximum Gasteiger partial charge on any atom is 0.124 e. The lowest BCUT2D eigenvalue weighted by Gasteiger charge is -2.14. The molecule has 0 aliphatic rings. The van der Waals surface area contributed by atoms with Gasteiger partial charge in [0.15, 0.2) is 0 Å². The predicted octanol–water partition coefficient (Wildman–Crippen LogP) is 3.77. The number of ether oxygens (including phenoxy) is 2. The summed E-state index contributed by atoms with van der Waals surface area (Å²) < 4.78 is 11.3. The van der Waals surface area contributed by atoms with Gasteiger partial charge >= 0.3 is 0 Å². The highest BCUT2D eigenvalue weighted by Gasteiger charge is 2.04. The molecule has 0 amide bonds. The van der Waals surface area contributed by atoms with Crippen LogP contribution in [0.4, 0.5) is 0 Å². The lowest BCUT2D eigenvalue weighted by Crippen LogP contribution is -2.17. The molecule has 1 aromatic rings. The number of rotatable bonds is 10. The summed E-state index contributed by atoms with van der Waals surface area (Å²) in [5.74, 6) is 0.984. The number of unbranched alkanes of at least 4 members (excludes halogenated alkanes) is 1. The van der Waals surface area contributed by atoms with E-state index in [1.165, 1.54) is 5.56 Å². The van der Waals surface area contributed by atoms with Gasteiger partial charge in [0.25, 0.3) is 0 Å². The number of para-hydroxylation sites is 1. The van der Waals surface area contributed by atoms with Crippen LogP contribution in [-0.4, -0.2) is 25.4 Å². The van der Waals surface area contributed by atoms with E-state index in [1.807, 2.05) is 12.1 Å². The van der Waals surface area contributed by atoms with Crippen LogP contribution in [0.3, 0.4) is 0 Å². The van der Waals surface area contributed by atoms with E-state index in [4.69, 9.17) is 9.47 Å². The van der Waals surface area contributed by atoms with Crippen molar-refractivity contribution in [2.45, 2.75) is 59.3 Å². The van der Waals surface area contributed by atoms with E-state index in [2.05, 4.69) is 45.1 Å². The molecule has 0 saturated heterocycles. The van der Waals surface area contributed by atoms with Crippen LogP contribution in [0.2, 0.25) is 0 Å². The van der Waals surface area contributed by atoms with Crippen molar-refractivity contribution in [1.29, 1.82) is 0 Å². The van der Waals surface area contributed by atoms with Gasteiger partial charge < -0.3 is 14.8 Å². The molecule has 1 aromatic carbocycles. The van der Waals surface area contributed by atoms with Gasteiger partial charge in [-0.25, -0.2) is 0 Å². The first-order chi connectivity index (χ1) is 9.59. The standard InChI is InChI=1S/C17H29NO2/c1-14(2)19-12-8-7-11-18-13-16-9-5-6-10-17(16)20-15(3)4/h5-6,9-10,14-15,18H,7-8,11-13H2,1-4H3. The summed E-state index contributed by atoms with van der Waals surface area (Å²) in [4.78, 5) is 0. The van der Waals surface area contributed by atoms with Gasteiger partial charge in [-0.3, -0.25) is 0 Å². The quantitative estimate of drug-likeness (QED) is 0.661. The second-order valence-electron chi connectivity index (χ2n) is 5.58. The zero-order chi connectivity index (χ0) is 14.8. The maximum atomic E-state index is 5.81. The average molecular weight is 279 g/mol. The highest BCUT2D eigenvalue weighted by Crippen LogP contribution is 2.18. The highest BCUT2D eigenvalue weighted by atomic mass is 16.5. The van der Waals surface area contributed by atoms with Gasteiger partial charge in [-0.1, -0.05) is 18.2 Å². The molecular weight excluding hydrogens is 250 g/mol. The van der Waals surface area contributed by atoms with Crippen LogP contribution >= 0.6 is 0 Å². The number of hydrogen-bond acceptors (Lipinski definition) is 3. The zero-order valence-corrected chi connectivity index (χ0v) is 13.3. The van der Waals surface area contributed by atoms with Gasteiger partial charge in [-0.15, -0.1) is 0 Å². The molecule has 0 atom stereocenters. The molecule has 3 nitrogen and oxygen atoms in total. The molecule has 0 aliphatic heterocycles. The topological polar surface area (TPSA) is 30.5 Å². The third kappa shape index (κ3) is 7.51. The smallest absolute Gasteiger partial charge is 0.124 e. The lowest BCUT2D eigenvalue weighted by molar-refractivity contribution is 0.0760. The molecule has 1 N–H and O–H groups in total. The van der Waals surface area contributed by atoms with Gasteiger partial charge in [-0.2, -0.15) is 0 Å². The average Bonchev–Trinajstić information content (AvgIpc) is 2.38. The molecule has 0 radical (unpaired) electrons. The number of nitrogens with one attached hydrogen (secondary N) is 1. The van der Waals surface area contributed by atoms with Gasteiger partial charge in [-0.05, 0) is 53.1 Å². The largest absolute Gasteiger partial charge is 0.491 e. The Morgan fingerprint density at radius 3 is 2.45 bits per heavy atom. The predicted molar refractivity (Wildman–Crippen MR) is 84.2 cm³/mol. The Morgan fingerprint density at radius 2 is 1.75 bits per heavy atom. The molecule has 114 valence electrons. The number of hydrogen-bond donors (Lipinski definition) is 1. The maximum absolute atomic E-state index is 5.81. The monoisotopic (exact) mass is 279 g/mol. The Labute approximate surface area is 123 Å². The normalized spacial score (nSPS) is 11.3. The number of benzene rings is 1. The van der Waals surface area contributed by atoms with E-state index in [1.54, 1.807) is 0 Å². The summed E-state index contributed by atoms with van der Waals surface area (Å²) in [6.45, 7) is 11.0. The van der Waals surface area contributed by atoms with Crippen molar-refractivity contribution in [3.05, 3.63) is 29.8 Å². The summed E-state index contributed by atoms with van der Waals surface area (Å²) in [7, 11) is 0. The van der Waals surface area contributed by atoms with Crippen molar-refractivity contribution in [3.63, 3.8) is 0 Å². The molecule has 0 heterocycles. The van der Waals surface area contributed by atoms with Gasteiger partial charge in [0.1, 0.15) is 5.75 Å². The molecule has 20 heavy (non-hydrogen) atoms. The van der Waals surface area contributed by atoms with Crippen LogP contribution in [0.15, 0.2) is 24.3 Å². The molecule has 0 spiro atoms. The third-order valence-electron chi connectivity index (χ3n) is 2.85. The first-order valence-corrected chi connectivity index (χ1v) is 7.66. The first kappa shape index (κ1) is 17.0. The SMILES string of the molecule is CC(C)OCCCCNCc1ccccc1OC(C)C. The van der Waals surface area contributed by atoms with E-state index in [0.717, 1.165) is 38.3 Å². The third-order valence-corrected chi connectivity index (χ3v) is 2.85. The second kappa shape index (κ2) is 9.78. The minimum absolute atomic E-state index is 0.212. The molecule has 0 bridgehead atoms. The minimum Gasteiger partial charge on any atom is -0.491 e. The van der Waals surface area contributed by atoms with E-state index >= 15 is 0 Å². The fraction of sp³-hybridized carbons (Fsp3) is 0.647. The Balaban J connectivity index is 2.21. The zero-order valence-electron chi connectivity index (χ0n) is 13.3. The fourth-order valence-electron chi connectivity index (χ4n) is 1.91. The van der Waals surface area contributed by atoms with E-state index in [-0.39, 0.29) is 6.10 Å². The molecule has 0 fully saturated rings. The Bertz CT molecular complexity index is 364. The van der Waals surface area contributed by atoms with Crippen LogP contribution < -0.4 is 10.1 Å². The summed E-state index contributed by atoms with van der Waals surface area (Å²) >= 11 is 0. The van der Waals surface area contributed by atoms with Crippen LogP contribution in [0.1, 0.15) is 46.1 Å². The molecule has 0 saturated carbocycles. The summed E-state index contributed by atoms with van der Waals surface area (Å²) in [6, 6.07) is 8.23. The first-order valence-electron chi connectivity index (χ1n) is 7.66. The molecule has 1 rings (SSSR count). The van der Waals surface area contributed by atoms with Crippen molar-refractivity contribution in [2.24, 2.45) is 0 Å². The van der Waals surface area contributed by atoms with Crippen molar-refractivity contribution >= 4 is 0 Å². The van der Waals surface area contributed by atoms with E-state index in [0.29, 0.717) is 6.10 Å². The Hall–Kier alpha value is -1.06. The van der Waals surface area contributed by atoms with Crippen molar-refractivity contribution in [3.8, 4) is 5.75 Å². The van der Waals surface area contributed by atoms with Crippen LogP contribution in [-0.2, 0) is 11.3 Å². The molecular formula is C17H29NO2. The lowest BCUT2D eigenvalue weighted by atomic mass is 10.2. The van der Waals surface area contributed by atoms with Crippen LogP contribution in [0.25, 0.3) is 0 Å². The van der Waals surface area contributed by atoms with Crippen molar-refractivity contribution in [2.75, 3.05) is 13.2 Å². The minimum atomic E-state index is 0.212. The second-order valence-corrected chi connectivity index (χ2v) is 5.58. The van der Waals surface area contributed by atoms with Gasteiger partial charge in [0.2, 0.25) is 0 Å². The summed E-state index contributed by atoms with van der Waals surface area (Å²) in [5, 5.41) is 3.47. The van der Waals surface area contributed by atoms with Gasteiger partial charge in [0, 0.05) is 18.7 Å². The Kier molecular flexibility index (Phi) is 8.31. The van der Waals surface area contributed by atoms with E-state index in [9.17, 15) is 0 Å². The molecule has 0 unspecified atom stereocenters. The summed E-state index contributed by atoms with van der Waals surface area (Å²) in [6.07, 6.45) is 2.79. The van der Waals surface area contributed by atoms with Gasteiger partial charge in [0.05, 0.1) is 12.2 Å². The van der Waals surface area contributed by atoms with Crippen LogP contribution in [0, 0.1) is 0 Å². The molecule has 3 heteroatoms. The Morgan fingerprint density at radius 1 is 1.00 bits per heavy atom. The molecule has 0 aromatic heterocycles. The highest BCUT2D eigenvalue weighted by molar-refractivity contribution is 5.33. The molecule has 0 aliphatic carbocycles. The van der Waals surface area contributed by atoms with E-state index < -0.39 is 0 Å².